The Hall–Kier alpha value is -1.19. The molecule has 0 bridgehead atoms. The van der Waals surface area contributed by atoms with E-state index in [1.54, 1.807) is 0 Å². The van der Waals surface area contributed by atoms with E-state index in [0.717, 1.165) is 14.0 Å². The number of carboxylic acids is 1. The second-order valence-corrected chi connectivity index (χ2v) is 5.33. The first-order valence-electron chi connectivity index (χ1n) is 4.69. The summed E-state index contributed by atoms with van der Waals surface area (Å²) < 4.78 is 29.2. The maximum Gasteiger partial charge on any atom is 0.332 e. The number of hydrogen-bond donors (Lipinski definition) is 3. The van der Waals surface area contributed by atoms with Crippen LogP contribution in [0.4, 0.5) is 0 Å². The van der Waals surface area contributed by atoms with E-state index in [-0.39, 0.29) is 13.0 Å². The molecule has 0 saturated carbocycles. The molecule has 100 valence electrons. The number of aliphatic hydroxyl groups excluding tert-OH is 1. The van der Waals surface area contributed by atoms with Crippen molar-refractivity contribution in [3.05, 3.63) is 0 Å². The normalized spacial score (nSPS) is 15.0. The zero-order valence-electron chi connectivity index (χ0n) is 9.41. The molecule has 0 aliphatic heterocycles. The fourth-order valence-electron chi connectivity index (χ4n) is 0.879. The SMILES string of the molecule is COC(=O)C(C)S(=O)(=O)NCC[C@H](O)C(=O)O. The maximum absolute atomic E-state index is 11.4. The van der Waals surface area contributed by atoms with E-state index in [1.165, 1.54) is 0 Å². The largest absolute Gasteiger partial charge is 0.479 e. The Morgan fingerprint density at radius 2 is 1.94 bits per heavy atom. The highest BCUT2D eigenvalue weighted by Crippen LogP contribution is 2.01. The highest BCUT2D eigenvalue weighted by atomic mass is 32.2. The third kappa shape index (κ3) is 5.11. The topological polar surface area (TPSA) is 130 Å². The van der Waals surface area contributed by atoms with Crippen molar-refractivity contribution in [2.75, 3.05) is 13.7 Å². The molecule has 17 heavy (non-hydrogen) atoms. The van der Waals surface area contributed by atoms with E-state index >= 15 is 0 Å². The molecular weight excluding hydrogens is 254 g/mol. The van der Waals surface area contributed by atoms with Crippen LogP contribution in [0.25, 0.3) is 0 Å². The molecule has 0 aromatic rings. The number of hydrogen-bond acceptors (Lipinski definition) is 6. The predicted octanol–water partition coefficient (Wildman–Crippen LogP) is -1.70. The monoisotopic (exact) mass is 269 g/mol. The highest BCUT2D eigenvalue weighted by molar-refractivity contribution is 7.90. The van der Waals surface area contributed by atoms with Crippen LogP contribution in [-0.4, -0.2) is 55.6 Å². The minimum atomic E-state index is -3.92. The van der Waals surface area contributed by atoms with Crippen molar-refractivity contribution in [2.45, 2.75) is 24.7 Å². The lowest BCUT2D eigenvalue weighted by Gasteiger charge is -2.12. The van der Waals surface area contributed by atoms with Gasteiger partial charge in [-0.15, -0.1) is 0 Å². The molecule has 0 aromatic carbocycles. The number of aliphatic hydroxyl groups is 1. The lowest BCUT2D eigenvalue weighted by atomic mass is 10.3. The summed E-state index contributed by atoms with van der Waals surface area (Å²) in [7, 11) is -2.86. The number of rotatable bonds is 7. The first kappa shape index (κ1) is 15.8. The van der Waals surface area contributed by atoms with Gasteiger partial charge in [0.1, 0.15) is 0 Å². The second kappa shape index (κ2) is 6.52. The molecule has 0 aromatic heterocycles. The van der Waals surface area contributed by atoms with Gasteiger partial charge in [-0.25, -0.2) is 17.9 Å². The fraction of sp³-hybridized carbons (Fsp3) is 0.750. The summed E-state index contributed by atoms with van der Waals surface area (Å²) in [5, 5.41) is 15.8. The van der Waals surface area contributed by atoms with E-state index in [0.29, 0.717) is 0 Å². The summed E-state index contributed by atoms with van der Waals surface area (Å²) in [5.74, 6) is -2.36. The lowest BCUT2D eigenvalue weighted by molar-refractivity contribution is -0.146. The predicted molar refractivity (Wildman–Crippen MR) is 56.7 cm³/mol. The van der Waals surface area contributed by atoms with Crippen LogP contribution in [-0.2, 0) is 24.3 Å². The van der Waals surface area contributed by atoms with Crippen LogP contribution in [0.3, 0.4) is 0 Å². The van der Waals surface area contributed by atoms with Crippen molar-refractivity contribution in [3.63, 3.8) is 0 Å². The molecule has 2 atom stereocenters. The van der Waals surface area contributed by atoms with Crippen LogP contribution in [0.2, 0.25) is 0 Å². The van der Waals surface area contributed by atoms with Crippen LogP contribution < -0.4 is 4.72 Å². The summed E-state index contributed by atoms with van der Waals surface area (Å²) in [6.07, 6.45) is -1.94. The molecule has 0 radical (unpaired) electrons. The van der Waals surface area contributed by atoms with Gasteiger partial charge in [-0.3, -0.25) is 4.79 Å². The number of sulfonamides is 1. The molecule has 1 unspecified atom stereocenters. The van der Waals surface area contributed by atoms with E-state index in [2.05, 4.69) is 4.74 Å². The second-order valence-electron chi connectivity index (χ2n) is 3.25. The van der Waals surface area contributed by atoms with E-state index in [1.807, 2.05) is 4.72 Å². The van der Waals surface area contributed by atoms with Gasteiger partial charge in [0.05, 0.1) is 7.11 Å². The van der Waals surface area contributed by atoms with Gasteiger partial charge in [-0.2, -0.15) is 0 Å². The molecular formula is C8H15NO7S. The lowest BCUT2D eigenvalue weighted by Crippen LogP contribution is -2.39. The molecule has 0 aliphatic rings. The van der Waals surface area contributed by atoms with Gasteiger partial charge in [0.25, 0.3) is 0 Å². The van der Waals surface area contributed by atoms with E-state index in [9.17, 15) is 18.0 Å². The Bertz CT molecular complexity index is 377. The zero-order valence-corrected chi connectivity index (χ0v) is 10.2. The number of carbonyl (C=O) groups is 2. The number of nitrogens with one attached hydrogen (secondary N) is 1. The molecule has 0 rings (SSSR count). The van der Waals surface area contributed by atoms with Gasteiger partial charge in [-0.1, -0.05) is 0 Å². The van der Waals surface area contributed by atoms with Crippen LogP contribution in [0.15, 0.2) is 0 Å². The highest BCUT2D eigenvalue weighted by Gasteiger charge is 2.28. The Kier molecular flexibility index (Phi) is 6.07. The average Bonchev–Trinajstić information content (AvgIpc) is 2.26. The Morgan fingerprint density at radius 3 is 2.35 bits per heavy atom. The summed E-state index contributed by atoms with van der Waals surface area (Å²) in [4.78, 5) is 21.2. The van der Waals surface area contributed by atoms with E-state index in [4.69, 9.17) is 10.2 Å². The molecule has 8 nitrogen and oxygen atoms in total. The van der Waals surface area contributed by atoms with Gasteiger partial charge >= 0.3 is 11.9 Å². The average molecular weight is 269 g/mol. The first-order valence-corrected chi connectivity index (χ1v) is 6.24. The Morgan fingerprint density at radius 1 is 1.41 bits per heavy atom. The van der Waals surface area contributed by atoms with Crippen molar-refractivity contribution in [3.8, 4) is 0 Å². The number of ether oxygens (including phenoxy) is 1. The molecule has 0 amide bonds. The first-order chi connectivity index (χ1) is 7.72. The summed E-state index contributed by atoms with van der Waals surface area (Å²) in [5.41, 5.74) is 0. The molecule has 0 spiro atoms. The Labute approximate surface area is 98.6 Å². The van der Waals surface area contributed by atoms with Crippen LogP contribution in [0, 0.1) is 0 Å². The third-order valence-electron chi connectivity index (χ3n) is 2.00. The molecule has 3 N–H and O–H groups in total. The van der Waals surface area contributed by atoms with Crippen molar-refractivity contribution >= 4 is 22.0 Å². The van der Waals surface area contributed by atoms with Gasteiger partial charge in [0.15, 0.2) is 11.4 Å². The zero-order chi connectivity index (χ0) is 13.6. The standard InChI is InChI=1S/C8H15NO7S/c1-5(8(13)16-2)17(14,15)9-4-3-6(10)7(11)12/h5-6,9-10H,3-4H2,1-2H3,(H,11,12)/t5?,6-/m0/s1. The summed E-state index contributed by atoms with van der Waals surface area (Å²) >= 11 is 0. The maximum atomic E-state index is 11.4. The van der Waals surface area contributed by atoms with Gasteiger partial charge in [0.2, 0.25) is 10.0 Å². The molecule has 0 saturated heterocycles. The third-order valence-corrected chi connectivity index (χ3v) is 3.73. The van der Waals surface area contributed by atoms with E-state index < -0.39 is 33.3 Å². The van der Waals surface area contributed by atoms with Gasteiger partial charge in [-0.05, 0) is 13.3 Å². The van der Waals surface area contributed by atoms with Crippen LogP contribution in [0.1, 0.15) is 13.3 Å². The van der Waals surface area contributed by atoms with Crippen LogP contribution >= 0.6 is 0 Å². The quantitative estimate of drug-likeness (QED) is 0.470. The van der Waals surface area contributed by atoms with Gasteiger partial charge in [0, 0.05) is 6.54 Å². The number of carbonyl (C=O) groups excluding carboxylic acids is 1. The van der Waals surface area contributed by atoms with Crippen LogP contribution in [0.5, 0.6) is 0 Å². The van der Waals surface area contributed by atoms with Crippen molar-refractivity contribution in [1.29, 1.82) is 0 Å². The molecule has 0 fully saturated rings. The Balaban J connectivity index is 4.29. The number of aliphatic carboxylic acids is 1. The minimum Gasteiger partial charge on any atom is -0.479 e. The summed E-state index contributed by atoms with van der Waals surface area (Å²) in [6, 6.07) is 0. The minimum absolute atomic E-state index is 0.281. The fourth-order valence-corrected chi connectivity index (χ4v) is 1.88. The number of methoxy groups -OCH3 is 1. The molecule has 0 heterocycles. The van der Waals surface area contributed by atoms with Gasteiger partial charge < -0.3 is 14.9 Å². The number of esters is 1. The molecule has 0 aliphatic carbocycles. The van der Waals surface area contributed by atoms with Crippen molar-refractivity contribution in [2.24, 2.45) is 0 Å². The van der Waals surface area contributed by atoms with Crippen molar-refractivity contribution < 1.29 is 33.0 Å². The van der Waals surface area contributed by atoms with Crippen molar-refractivity contribution in [1.82, 2.24) is 4.72 Å². The smallest absolute Gasteiger partial charge is 0.332 e. The number of carboxylic acid groups (broad SMARTS) is 1. The molecule has 9 heteroatoms. The summed E-state index contributed by atoms with van der Waals surface area (Å²) in [6.45, 7) is 0.860.